The second-order valence-electron chi connectivity index (χ2n) is 4.74. The summed E-state index contributed by atoms with van der Waals surface area (Å²) in [5, 5.41) is 3.60. The number of hydrogen-bond acceptors (Lipinski definition) is 2. The monoisotopic (exact) mass is 204 g/mol. The molecule has 0 bridgehead atoms. The van der Waals surface area contributed by atoms with E-state index in [1.165, 1.54) is 24.8 Å². The van der Waals surface area contributed by atoms with Crippen LogP contribution in [0.3, 0.4) is 0 Å². The average molecular weight is 204 g/mol. The first-order chi connectivity index (χ1) is 7.24. The molecule has 2 atom stereocenters. The van der Waals surface area contributed by atoms with Crippen molar-refractivity contribution >= 4 is 5.69 Å². The lowest BCUT2D eigenvalue weighted by Gasteiger charge is -2.12. The molecule has 0 saturated heterocycles. The Morgan fingerprint density at radius 1 is 1.40 bits per heavy atom. The molecule has 2 heteroatoms. The summed E-state index contributed by atoms with van der Waals surface area (Å²) >= 11 is 0. The van der Waals surface area contributed by atoms with E-state index in [0.717, 1.165) is 18.2 Å². The molecular formula is C13H20N2. The molecule has 82 valence electrons. The van der Waals surface area contributed by atoms with Crippen LogP contribution in [-0.4, -0.2) is 6.04 Å². The molecule has 0 amide bonds. The summed E-state index contributed by atoms with van der Waals surface area (Å²) in [6, 6.07) is 8.83. The van der Waals surface area contributed by atoms with Crippen LogP contribution in [0.4, 0.5) is 5.69 Å². The zero-order valence-corrected chi connectivity index (χ0v) is 9.37. The zero-order valence-electron chi connectivity index (χ0n) is 9.37. The number of hydrogen-bond donors (Lipinski definition) is 2. The Kier molecular flexibility index (Phi) is 3.27. The van der Waals surface area contributed by atoms with Crippen molar-refractivity contribution < 1.29 is 0 Å². The zero-order chi connectivity index (χ0) is 10.7. The van der Waals surface area contributed by atoms with Crippen molar-refractivity contribution in [1.82, 2.24) is 5.32 Å². The van der Waals surface area contributed by atoms with E-state index in [1.54, 1.807) is 0 Å². The Morgan fingerprint density at radius 2 is 2.27 bits per heavy atom. The number of nitrogens with one attached hydrogen (secondary N) is 1. The summed E-state index contributed by atoms with van der Waals surface area (Å²) in [5.74, 6) is 0.892. The molecule has 0 spiro atoms. The molecule has 1 aromatic carbocycles. The molecular weight excluding hydrogens is 184 g/mol. The average Bonchev–Trinajstić information content (AvgIpc) is 2.62. The van der Waals surface area contributed by atoms with Gasteiger partial charge in [0, 0.05) is 18.3 Å². The van der Waals surface area contributed by atoms with Gasteiger partial charge in [-0.05, 0) is 42.9 Å². The first-order valence-corrected chi connectivity index (χ1v) is 5.82. The highest BCUT2D eigenvalue weighted by atomic mass is 14.9. The summed E-state index contributed by atoms with van der Waals surface area (Å²) in [6.45, 7) is 3.28. The molecule has 3 N–H and O–H groups in total. The topological polar surface area (TPSA) is 38.0 Å². The van der Waals surface area contributed by atoms with Crippen LogP contribution in [0.25, 0.3) is 0 Å². The SMILES string of the molecule is CC1CCC(NCc2cccc(N)c2)C1. The molecule has 2 rings (SSSR count). The van der Waals surface area contributed by atoms with Crippen LogP contribution in [0.2, 0.25) is 0 Å². The van der Waals surface area contributed by atoms with Gasteiger partial charge in [0.05, 0.1) is 0 Å². The summed E-state index contributed by atoms with van der Waals surface area (Å²) in [6.07, 6.45) is 4.01. The van der Waals surface area contributed by atoms with E-state index in [4.69, 9.17) is 5.73 Å². The van der Waals surface area contributed by atoms with Gasteiger partial charge in [-0.1, -0.05) is 19.1 Å². The number of nitrogen functional groups attached to an aromatic ring is 1. The van der Waals surface area contributed by atoms with Crippen LogP contribution in [0.1, 0.15) is 31.7 Å². The predicted molar refractivity (Wildman–Crippen MR) is 64.5 cm³/mol. The Morgan fingerprint density at radius 3 is 2.93 bits per heavy atom. The van der Waals surface area contributed by atoms with Crippen LogP contribution < -0.4 is 11.1 Å². The highest BCUT2D eigenvalue weighted by Crippen LogP contribution is 2.24. The van der Waals surface area contributed by atoms with Gasteiger partial charge in [0.2, 0.25) is 0 Å². The van der Waals surface area contributed by atoms with Crippen molar-refractivity contribution in [2.45, 2.75) is 38.8 Å². The summed E-state index contributed by atoms with van der Waals surface area (Å²) in [7, 11) is 0. The van der Waals surface area contributed by atoms with Gasteiger partial charge < -0.3 is 11.1 Å². The number of anilines is 1. The lowest BCUT2D eigenvalue weighted by molar-refractivity contribution is 0.502. The molecule has 0 aromatic heterocycles. The quantitative estimate of drug-likeness (QED) is 0.743. The smallest absolute Gasteiger partial charge is 0.0317 e. The maximum Gasteiger partial charge on any atom is 0.0317 e. The van der Waals surface area contributed by atoms with E-state index in [0.29, 0.717) is 6.04 Å². The molecule has 15 heavy (non-hydrogen) atoms. The number of benzene rings is 1. The predicted octanol–water partition coefficient (Wildman–Crippen LogP) is 2.55. The summed E-state index contributed by atoms with van der Waals surface area (Å²) in [4.78, 5) is 0. The third-order valence-electron chi connectivity index (χ3n) is 3.24. The van der Waals surface area contributed by atoms with Crippen LogP contribution in [0.15, 0.2) is 24.3 Å². The third kappa shape index (κ3) is 2.96. The van der Waals surface area contributed by atoms with E-state index in [-0.39, 0.29) is 0 Å². The van der Waals surface area contributed by atoms with E-state index >= 15 is 0 Å². The molecule has 0 heterocycles. The van der Waals surface area contributed by atoms with Crippen molar-refractivity contribution in [3.63, 3.8) is 0 Å². The van der Waals surface area contributed by atoms with Crippen LogP contribution in [0, 0.1) is 5.92 Å². The Bertz CT molecular complexity index is 322. The molecule has 1 fully saturated rings. The second-order valence-corrected chi connectivity index (χ2v) is 4.74. The molecule has 1 saturated carbocycles. The Balaban J connectivity index is 1.83. The molecule has 1 aliphatic carbocycles. The Hall–Kier alpha value is -1.02. The maximum atomic E-state index is 5.74. The van der Waals surface area contributed by atoms with Gasteiger partial charge in [-0.15, -0.1) is 0 Å². The first-order valence-electron chi connectivity index (χ1n) is 5.82. The lowest BCUT2D eigenvalue weighted by Crippen LogP contribution is -2.25. The Labute approximate surface area is 91.9 Å². The van der Waals surface area contributed by atoms with E-state index in [9.17, 15) is 0 Å². The van der Waals surface area contributed by atoms with Crippen LogP contribution in [-0.2, 0) is 6.54 Å². The van der Waals surface area contributed by atoms with Crippen LogP contribution >= 0.6 is 0 Å². The van der Waals surface area contributed by atoms with Gasteiger partial charge in [0.25, 0.3) is 0 Å². The normalized spacial score (nSPS) is 25.7. The van der Waals surface area contributed by atoms with Crippen molar-refractivity contribution in [3.8, 4) is 0 Å². The molecule has 2 nitrogen and oxygen atoms in total. The van der Waals surface area contributed by atoms with Gasteiger partial charge in [0.15, 0.2) is 0 Å². The lowest BCUT2D eigenvalue weighted by atomic mass is 10.1. The van der Waals surface area contributed by atoms with Gasteiger partial charge in [0.1, 0.15) is 0 Å². The van der Waals surface area contributed by atoms with Gasteiger partial charge in [-0.3, -0.25) is 0 Å². The highest BCUT2D eigenvalue weighted by Gasteiger charge is 2.20. The van der Waals surface area contributed by atoms with Crippen LogP contribution in [0.5, 0.6) is 0 Å². The van der Waals surface area contributed by atoms with Crippen molar-refractivity contribution in [3.05, 3.63) is 29.8 Å². The van der Waals surface area contributed by atoms with E-state index in [2.05, 4.69) is 18.3 Å². The largest absolute Gasteiger partial charge is 0.399 e. The van der Waals surface area contributed by atoms with Gasteiger partial charge >= 0.3 is 0 Å². The third-order valence-corrected chi connectivity index (χ3v) is 3.24. The maximum absolute atomic E-state index is 5.74. The fourth-order valence-electron chi connectivity index (χ4n) is 2.36. The molecule has 0 aliphatic heterocycles. The highest BCUT2D eigenvalue weighted by molar-refractivity contribution is 5.40. The minimum Gasteiger partial charge on any atom is -0.399 e. The summed E-state index contributed by atoms with van der Waals surface area (Å²) in [5.41, 5.74) is 7.88. The van der Waals surface area contributed by atoms with Crippen molar-refractivity contribution in [2.24, 2.45) is 5.92 Å². The fraction of sp³-hybridized carbons (Fsp3) is 0.538. The first kappa shape index (κ1) is 10.5. The van der Waals surface area contributed by atoms with Crippen molar-refractivity contribution in [2.75, 3.05) is 5.73 Å². The number of rotatable bonds is 3. The fourth-order valence-corrected chi connectivity index (χ4v) is 2.36. The van der Waals surface area contributed by atoms with E-state index < -0.39 is 0 Å². The minimum atomic E-state index is 0.710. The molecule has 0 radical (unpaired) electrons. The molecule has 1 aromatic rings. The standard InChI is InChI=1S/C13H20N2/c1-10-5-6-13(7-10)15-9-11-3-2-4-12(14)8-11/h2-4,8,10,13,15H,5-7,9,14H2,1H3. The number of nitrogens with two attached hydrogens (primary N) is 1. The van der Waals surface area contributed by atoms with Gasteiger partial charge in [-0.2, -0.15) is 0 Å². The molecule has 2 unspecified atom stereocenters. The molecule has 1 aliphatic rings. The summed E-state index contributed by atoms with van der Waals surface area (Å²) < 4.78 is 0. The van der Waals surface area contributed by atoms with E-state index in [1.807, 2.05) is 18.2 Å². The van der Waals surface area contributed by atoms with Crippen molar-refractivity contribution in [1.29, 1.82) is 0 Å². The second kappa shape index (κ2) is 4.67. The van der Waals surface area contributed by atoms with Gasteiger partial charge in [-0.25, -0.2) is 0 Å². The minimum absolute atomic E-state index is 0.710.